The number of H-pyrrole nitrogens is 1. The van der Waals surface area contributed by atoms with E-state index in [-0.39, 0.29) is 59.5 Å². The highest BCUT2D eigenvalue weighted by Gasteiger charge is 2.40. The van der Waals surface area contributed by atoms with E-state index in [9.17, 15) is 37.7 Å². The van der Waals surface area contributed by atoms with Crippen LogP contribution in [0.4, 0.5) is 17.1 Å². The molecule has 87 heavy (non-hydrogen) atoms. The van der Waals surface area contributed by atoms with E-state index in [0.717, 1.165) is 106 Å². The zero-order valence-corrected chi connectivity index (χ0v) is 50.0. The molecule has 1 aliphatic carbocycles. The molecule has 22 nitrogen and oxygen atoms in total. The Morgan fingerprint density at radius 3 is 2.57 bits per heavy atom. The number of aryl methyl sites for hydroxylation is 1. The molecule has 452 valence electrons. The number of nitrogens with zero attached hydrogens (tertiary/aromatic N) is 9. The first-order chi connectivity index (χ1) is 41.9. The van der Waals surface area contributed by atoms with Gasteiger partial charge in [-0.25, -0.2) is 22.8 Å². The normalized spacial score (nSPS) is 19.3. The molecule has 4 N–H and O–H groups in total. The van der Waals surface area contributed by atoms with E-state index in [1.807, 2.05) is 30.5 Å². The third kappa shape index (κ3) is 13.1. The first-order valence-electron chi connectivity index (χ1n) is 29.6. The second-order valence-electron chi connectivity index (χ2n) is 24.1. The Kier molecular flexibility index (Phi) is 16.7. The Morgan fingerprint density at radius 1 is 0.943 bits per heavy atom. The van der Waals surface area contributed by atoms with Gasteiger partial charge < -0.3 is 29.7 Å². The molecule has 3 fully saturated rings. The van der Waals surface area contributed by atoms with Gasteiger partial charge in [0.15, 0.2) is 0 Å². The van der Waals surface area contributed by atoms with Crippen LogP contribution in [0.15, 0.2) is 120 Å². The number of nitrogens with one attached hydrogen (secondary N) is 4. The lowest BCUT2D eigenvalue weighted by Gasteiger charge is -2.39. The lowest BCUT2D eigenvalue weighted by atomic mass is 9.72. The number of aromatic nitrogens is 5. The van der Waals surface area contributed by atoms with Crippen LogP contribution < -0.4 is 25.0 Å². The number of nitro benzene ring substituents is 1. The molecule has 2 unspecified atom stereocenters. The maximum Gasteiger partial charge on any atom is 0.293 e. The summed E-state index contributed by atoms with van der Waals surface area (Å²) < 4.78 is 38.3. The van der Waals surface area contributed by atoms with Crippen LogP contribution in [0.5, 0.6) is 11.5 Å². The van der Waals surface area contributed by atoms with Gasteiger partial charge in [0, 0.05) is 104 Å². The number of ether oxygens (including phenoxy) is 1. The first-order valence-corrected chi connectivity index (χ1v) is 31.5. The van der Waals surface area contributed by atoms with Crippen LogP contribution >= 0.6 is 11.6 Å². The number of piperidine rings is 2. The van der Waals surface area contributed by atoms with Gasteiger partial charge in [0.1, 0.15) is 28.9 Å². The van der Waals surface area contributed by atoms with Crippen molar-refractivity contribution in [1.82, 2.24) is 49.7 Å². The predicted octanol–water partition coefficient (Wildman–Crippen LogP) is 8.92. The zero-order chi connectivity index (χ0) is 60.6. The highest BCUT2D eigenvalue weighted by atomic mass is 35.5. The molecule has 2 atom stereocenters. The molecule has 7 aromatic rings. The summed E-state index contributed by atoms with van der Waals surface area (Å²) in [6.07, 6.45) is 12.0. The minimum atomic E-state index is -4.65. The zero-order valence-electron chi connectivity index (χ0n) is 48.5. The number of anilines is 2. The summed E-state index contributed by atoms with van der Waals surface area (Å²) in [5.74, 6) is -1.48. The van der Waals surface area contributed by atoms with E-state index >= 15 is 0 Å². The Balaban J connectivity index is 0.667. The Bertz CT molecular complexity index is 3970. The number of aromatic amines is 1. The molecular weight excluding hydrogens is 1150 g/mol. The summed E-state index contributed by atoms with van der Waals surface area (Å²) >= 11 is 6.28. The molecule has 12 rings (SSSR count). The van der Waals surface area contributed by atoms with Gasteiger partial charge >= 0.3 is 0 Å². The maximum atomic E-state index is 14.2. The highest BCUT2D eigenvalue weighted by molar-refractivity contribution is 7.90. The number of fused-ring (bicyclic) bond motifs is 2. The summed E-state index contributed by atoms with van der Waals surface area (Å²) in [5, 5.41) is 28.4. The number of amides is 4. The molecule has 4 aliphatic heterocycles. The third-order valence-corrected chi connectivity index (χ3v) is 19.1. The van der Waals surface area contributed by atoms with Crippen molar-refractivity contribution < 1.29 is 37.3 Å². The standard InChI is InChI=1S/C63H68ClN13O9S/c1-63(2)22-20-43(51(33-63)41-10-12-44(64)13-11-41)37-73-26-28-74(29-27-73)46-14-16-50(57(31-46)86-47-30-42-21-23-65-59(42)67-35-47)60(79)70-87(84,85)48-15-17-53(56(32-48)77(82)83)66-34-40-6-4-24-72(36-40)25-5-7-45-38-76(71-69-45)54-9-3-8-49-52(54)39-75(62(49)81)55-18-19-58(78)68-61(55)80/h3,8-17,21,23,30-32,35,38,40,55,66H,4-7,18-20,22,24-29,33-34,36-37,39H2,1-2H3,(H,65,67)(H,70,79)(H,68,78,80). The summed E-state index contributed by atoms with van der Waals surface area (Å²) in [5.41, 5.74) is 8.04. The van der Waals surface area contributed by atoms with Crippen LogP contribution in [-0.2, 0) is 32.6 Å². The lowest BCUT2D eigenvalue weighted by Crippen LogP contribution is -2.52. The number of sulfonamides is 1. The van der Waals surface area contributed by atoms with Gasteiger partial charge in [-0.15, -0.1) is 5.10 Å². The fourth-order valence-electron chi connectivity index (χ4n) is 12.8. The van der Waals surface area contributed by atoms with Gasteiger partial charge in [-0.05, 0) is 148 Å². The minimum Gasteiger partial charge on any atom is -0.455 e. The maximum absolute atomic E-state index is 14.2. The summed E-state index contributed by atoms with van der Waals surface area (Å²) in [6, 6.07) is 25.0. The van der Waals surface area contributed by atoms with Crippen molar-refractivity contribution in [3.05, 3.63) is 158 Å². The van der Waals surface area contributed by atoms with Gasteiger partial charge in [0.25, 0.3) is 27.5 Å². The largest absolute Gasteiger partial charge is 0.455 e. The fourth-order valence-corrected chi connectivity index (χ4v) is 13.9. The van der Waals surface area contributed by atoms with Crippen LogP contribution in [0.2, 0.25) is 5.02 Å². The number of nitro groups is 1. The number of halogens is 1. The van der Waals surface area contributed by atoms with E-state index in [1.165, 1.54) is 46.0 Å². The third-order valence-electron chi connectivity index (χ3n) is 17.5. The molecule has 0 spiro atoms. The van der Waals surface area contributed by atoms with Crippen molar-refractivity contribution in [2.75, 3.05) is 69.1 Å². The number of pyridine rings is 1. The number of hydrogen-bond acceptors (Lipinski definition) is 16. The van der Waals surface area contributed by atoms with Crippen molar-refractivity contribution in [3.8, 4) is 17.2 Å². The van der Waals surface area contributed by atoms with Crippen LogP contribution in [0.25, 0.3) is 22.3 Å². The van der Waals surface area contributed by atoms with Crippen molar-refractivity contribution in [1.29, 1.82) is 0 Å². The monoisotopic (exact) mass is 1220 g/mol. The Hall–Kier alpha value is -8.51. The smallest absolute Gasteiger partial charge is 0.293 e. The molecule has 3 aromatic heterocycles. The number of benzene rings is 4. The van der Waals surface area contributed by atoms with Crippen molar-refractivity contribution in [2.24, 2.45) is 11.3 Å². The Morgan fingerprint density at radius 2 is 1.77 bits per heavy atom. The molecule has 4 amide bonds. The number of rotatable bonds is 19. The van der Waals surface area contributed by atoms with Gasteiger partial charge in [-0.1, -0.05) is 54.4 Å². The topological polar surface area (TPSA) is 263 Å². The number of carbonyl (C=O) groups is 4. The summed E-state index contributed by atoms with van der Waals surface area (Å²) in [7, 11) is -4.65. The van der Waals surface area contributed by atoms with E-state index < -0.39 is 43.4 Å². The highest BCUT2D eigenvalue weighted by Crippen LogP contribution is 2.44. The second-order valence-corrected chi connectivity index (χ2v) is 26.2. The minimum absolute atomic E-state index is 0.0626. The predicted molar refractivity (Wildman–Crippen MR) is 328 cm³/mol. The Labute approximate surface area is 508 Å². The molecule has 0 radical (unpaired) electrons. The number of piperazine rings is 1. The quantitative estimate of drug-likeness (QED) is 0.0334. The van der Waals surface area contributed by atoms with E-state index in [0.29, 0.717) is 53.7 Å². The van der Waals surface area contributed by atoms with Gasteiger partial charge in [0.2, 0.25) is 11.8 Å². The molecule has 24 heteroatoms. The van der Waals surface area contributed by atoms with Gasteiger partial charge in [-0.2, -0.15) is 0 Å². The number of likely N-dealkylation sites (tertiary alicyclic amines) is 1. The van der Waals surface area contributed by atoms with Crippen molar-refractivity contribution in [2.45, 2.75) is 89.1 Å². The number of hydrogen-bond donors (Lipinski definition) is 4. The van der Waals surface area contributed by atoms with Crippen LogP contribution in [0.1, 0.15) is 103 Å². The van der Waals surface area contributed by atoms with Crippen LogP contribution in [-0.4, -0.2) is 142 Å². The van der Waals surface area contributed by atoms with E-state index in [2.05, 4.69) is 76.3 Å². The number of allylic oxidation sites excluding steroid dienone is 1. The summed E-state index contributed by atoms with van der Waals surface area (Å²) in [4.78, 5) is 79.6. The lowest BCUT2D eigenvalue weighted by molar-refractivity contribution is -0.384. The van der Waals surface area contributed by atoms with E-state index in [4.69, 9.17) is 16.3 Å². The SMILES string of the molecule is CC1(C)CCC(CN2CCN(c3ccc(C(=O)NS(=O)(=O)c4ccc(NCC5CCCN(CCCc6cn(-c7cccc8c7CN(C7CCC(=O)NC7=O)C8=O)nn6)C5)c([N+](=O)[O-])c4)c(Oc4cnc5[nH]ccc5c4)c3)CC2)=C(c2ccc(Cl)cc2)C1. The van der Waals surface area contributed by atoms with Crippen LogP contribution in [0.3, 0.4) is 0 Å². The summed E-state index contributed by atoms with van der Waals surface area (Å²) in [6.45, 7) is 11.5. The fraction of sp³-hybridized carbons (Fsp3) is 0.381. The average molecular weight is 1220 g/mol. The molecular formula is C63H68ClN13O9S. The molecule has 4 aromatic carbocycles. The number of imide groups is 1. The number of carbonyl (C=O) groups excluding carboxylic acids is 4. The molecule has 3 saturated heterocycles. The van der Waals surface area contributed by atoms with Crippen molar-refractivity contribution in [3.63, 3.8) is 0 Å². The molecule has 5 aliphatic rings. The van der Waals surface area contributed by atoms with Crippen molar-refractivity contribution >= 4 is 78.9 Å². The van der Waals surface area contributed by atoms with Crippen LogP contribution in [0, 0.1) is 21.4 Å². The average Bonchev–Trinajstić information content (AvgIpc) is 1.88. The van der Waals surface area contributed by atoms with E-state index in [1.54, 1.807) is 41.2 Å². The second kappa shape index (κ2) is 24.7. The molecule has 0 saturated carbocycles. The molecule has 0 bridgehead atoms. The van der Waals surface area contributed by atoms with Gasteiger partial charge in [-0.3, -0.25) is 39.5 Å². The molecule has 7 heterocycles. The van der Waals surface area contributed by atoms with Gasteiger partial charge in [0.05, 0.1) is 39.2 Å². The first kappa shape index (κ1) is 58.9.